The number of hydrogen-bond acceptors (Lipinski definition) is 7. The summed E-state index contributed by atoms with van der Waals surface area (Å²) in [7, 11) is 8.08. The molecule has 0 fully saturated rings. The lowest BCUT2D eigenvalue weighted by Crippen LogP contribution is -2.33. The van der Waals surface area contributed by atoms with Gasteiger partial charge in [0, 0.05) is 53.1 Å². The number of nitrogens with zero attached hydrogens (tertiary/aromatic N) is 5. The first-order valence-corrected chi connectivity index (χ1v) is 13.9. The van der Waals surface area contributed by atoms with Crippen LogP contribution < -0.4 is 4.74 Å². The van der Waals surface area contributed by atoms with E-state index >= 15 is 0 Å². The van der Waals surface area contributed by atoms with Crippen molar-refractivity contribution >= 4 is 41.1 Å². The fourth-order valence-electron chi connectivity index (χ4n) is 5.60. The van der Waals surface area contributed by atoms with Gasteiger partial charge in [0.25, 0.3) is 0 Å². The SMILES string of the molecule is C=Nc1cc(C(O)CC)sc1C(=NC)c1cc(Cl)cc2c1OC(c1c3c(nn1C)CCC(N(C)C)C3)C2. The highest BCUT2D eigenvalue weighted by Gasteiger charge is 2.36. The van der Waals surface area contributed by atoms with Crippen molar-refractivity contribution in [2.45, 2.75) is 57.3 Å². The molecule has 37 heavy (non-hydrogen) atoms. The van der Waals surface area contributed by atoms with E-state index in [1.54, 1.807) is 7.05 Å². The van der Waals surface area contributed by atoms with Crippen molar-refractivity contribution in [2.75, 3.05) is 21.1 Å². The first-order valence-electron chi connectivity index (χ1n) is 12.7. The predicted molar refractivity (Wildman–Crippen MR) is 152 cm³/mol. The molecule has 0 amide bonds. The molecule has 1 aliphatic carbocycles. The van der Waals surface area contributed by atoms with Gasteiger partial charge in [-0.05, 0) is 64.7 Å². The van der Waals surface area contributed by atoms with E-state index in [4.69, 9.17) is 21.4 Å². The summed E-state index contributed by atoms with van der Waals surface area (Å²) in [5.41, 5.74) is 6.98. The quantitative estimate of drug-likeness (QED) is 0.404. The number of ether oxygens (including phenoxy) is 1. The molecule has 0 saturated heterocycles. The van der Waals surface area contributed by atoms with Gasteiger partial charge >= 0.3 is 0 Å². The first-order chi connectivity index (χ1) is 17.7. The van der Waals surface area contributed by atoms with Gasteiger partial charge in [-0.15, -0.1) is 11.3 Å². The minimum Gasteiger partial charge on any atom is -0.483 e. The van der Waals surface area contributed by atoms with Crippen LogP contribution in [0.25, 0.3) is 0 Å². The van der Waals surface area contributed by atoms with Crippen molar-refractivity contribution in [3.63, 3.8) is 0 Å². The highest BCUT2D eigenvalue weighted by atomic mass is 35.5. The first kappa shape index (κ1) is 26.1. The van der Waals surface area contributed by atoms with Gasteiger partial charge in [-0.2, -0.15) is 5.10 Å². The van der Waals surface area contributed by atoms with Crippen LogP contribution in [0.4, 0.5) is 5.69 Å². The van der Waals surface area contributed by atoms with E-state index in [9.17, 15) is 5.11 Å². The van der Waals surface area contributed by atoms with Gasteiger partial charge in [0.05, 0.1) is 33.8 Å². The van der Waals surface area contributed by atoms with Gasteiger partial charge in [0.15, 0.2) is 0 Å². The summed E-state index contributed by atoms with van der Waals surface area (Å²) in [6.07, 6.45) is 3.72. The molecule has 0 spiro atoms. The second-order valence-electron chi connectivity index (χ2n) is 10.1. The Morgan fingerprint density at radius 1 is 1.35 bits per heavy atom. The van der Waals surface area contributed by atoms with Crippen LogP contribution in [-0.4, -0.2) is 59.4 Å². The van der Waals surface area contributed by atoms with Gasteiger partial charge in [0.1, 0.15) is 11.9 Å². The van der Waals surface area contributed by atoms with Gasteiger partial charge < -0.3 is 14.7 Å². The molecule has 2 aromatic heterocycles. The van der Waals surface area contributed by atoms with Crippen LogP contribution in [0.3, 0.4) is 0 Å². The lowest BCUT2D eigenvalue weighted by atomic mass is 9.89. The minimum atomic E-state index is -0.551. The smallest absolute Gasteiger partial charge is 0.145 e. The third-order valence-electron chi connectivity index (χ3n) is 7.57. The molecule has 3 aromatic rings. The van der Waals surface area contributed by atoms with Crippen LogP contribution in [0, 0.1) is 0 Å². The molecule has 5 rings (SSSR count). The summed E-state index contributed by atoms with van der Waals surface area (Å²) in [5.74, 6) is 0.797. The fourth-order valence-corrected chi connectivity index (χ4v) is 7.07. The predicted octanol–water partition coefficient (Wildman–Crippen LogP) is 5.47. The van der Waals surface area contributed by atoms with Gasteiger partial charge in [-0.25, -0.2) is 0 Å². The van der Waals surface area contributed by atoms with Crippen LogP contribution in [0.1, 0.15) is 69.8 Å². The second kappa shape index (κ2) is 10.3. The van der Waals surface area contributed by atoms with Crippen molar-refractivity contribution in [1.82, 2.24) is 14.7 Å². The molecule has 1 N–H and O–H groups in total. The van der Waals surface area contributed by atoms with E-state index in [1.165, 1.54) is 22.6 Å². The Hall–Kier alpha value is -2.52. The Labute approximate surface area is 227 Å². The van der Waals surface area contributed by atoms with Crippen molar-refractivity contribution in [1.29, 1.82) is 0 Å². The summed E-state index contributed by atoms with van der Waals surface area (Å²) >= 11 is 8.12. The maximum Gasteiger partial charge on any atom is 0.145 e. The van der Waals surface area contributed by atoms with Crippen molar-refractivity contribution in [3.8, 4) is 5.75 Å². The number of aliphatic hydroxyl groups excluding tert-OH is 1. The Kier molecular flexibility index (Phi) is 7.29. The van der Waals surface area contributed by atoms with Crippen molar-refractivity contribution in [2.24, 2.45) is 17.0 Å². The normalized spacial score (nSPS) is 20.1. The van der Waals surface area contributed by atoms with E-state index in [2.05, 4.69) is 35.7 Å². The highest BCUT2D eigenvalue weighted by molar-refractivity contribution is 7.15. The minimum absolute atomic E-state index is 0.148. The lowest BCUT2D eigenvalue weighted by Gasteiger charge is -2.28. The molecule has 196 valence electrons. The van der Waals surface area contributed by atoms with Crippen molar-refractivity contribution in [3.05, 3.63) is 61.1 Å². The number of aryl methyl sites for hydroxylation is 2. The van der Waals surface area contributed by atoms with E-state index < -0.39 is 6.10 Å². The topological polar surface area (TPSA) is 75.2 Å². The number of aliphatic hydroxyl groups is 1. The second-order valence-corrected chi connectivity index (χ2v) is 11.6. The Bertz CT molecular complexity index is 1380. The zero-order valence-corrected chi connectivity index (χ0v) is 23.7. The number of likely N-dealkylation sites (N-methyl/N-ethyl adjacent to an activating group) is 1. The number of benzene rings is 1. The third kappa shape index (κ3) is 4.65. The molecular weight excluding hydrogens is 506 g/mol. The van der Waals surface area contributed by atoms with Gasteiger partial charge in [-0.3, -0.25) is 14.7 Å². The molecule has 3 unspecified atom stereocenters. The zero-order chi connectivity index (χ0) is 26.4. The monoisotopic (exact) mass is 539 g/mol. The van der Waals surface area contributed by atoms with Crippen LogP contribution in [0.2, 0.25) is 5.02 Å². The Morgan fingerprint density at radius 2 is 2.14 bits per heavy atom. The summed E-state index contributed by atoms with van der Waals surface area (Å²) in [6.45, 7) is 5.71. The highest BCUT2D eigenvalue weighted by Crippen LogP contribution is 2.45. The Balaban J connectivity index is 1.54. The third-order valence-corrected chi connectivity index (χ3v) is 9.02. The number of halogens is 1. The van der Waals surface area contributed by atoms with Crippen LogP contribution >= 0.6 is 22.9 Å². The number of rotatable bonds is 7. The molecule has 3 heterocycles. The number of hydrogen-bond donors (Lipinski definition) is 1. The molecule has 9 heteroatoms. The summed E-state index contributed by atoms with van der Waals surface area (Å²) in [5, 5.41) is 16.0. The van der Waals surface area contributed by atoms with Crippen LogP contribution in [0.15, 0.2) is 28.2 Å². The maximum absolute atomic E-state index is 10.5. The molecule has 7 nitrogen and oxygen atoms in total. The average molecular weight is 540 g/mol. The van der Waals surface area contributed by atoms with E-state index in [0.29, 0.717) is 23.2 Å². The number of fused-ring (bicyclic) bond motifs is 2. The van der Waals surface area contributed by atoms with Crippen LogP contribution in [-0.2, 0) is 26.3 Å². The number of thiophene rings is 1. The molecule has 3 atom stereocenters. The summed E-state index contributed by atoms with van der Waals surface area (Å²) in [4.78, 5) is 12.9. The molecule has 0 saturated carbocycles. The van der Waals surface area contributed by atoms with Crippen molar-refractivity contribution < 1.29 is 9.84 Å². The fraction of sp³-hybridized carbons (Fsp3) is 0.464. The van der Waals surface area contributed by atoms with Gasteiger partial charge in [-0.1, -0.05) is 18.5 Å². The maximum atomic E-state index is 10.5. The zero-order valence-electron chi connectivity index (χ0n) is 22.1. The lowest BCUT2D eigenvalue weighted by molar-refractivity contribution is 0.177. The van der Waals surface area contributed by atoms with E-state index in [1.807, 2.05) is 36.9 Å². The number of aliphatic imine (C=N–C) groups is 2. The number of aromatic nitrogens is 2. The largest absolute Gasteiger partial charge is 0.483 e. The summed E-state index contributed by atoms with van der Waals surface area (Å²) in [6, 6.07) is 6.30. The van der Waals surface area contributed by atoms with Crippen LogP contribution in [0.5, 0.6) is 5.75 Å². The standard InChI is InChI=1S/C28H34ClN5O2S/c1-7-22(35)24-14-21(30-2)28(37-24)25(31-3)19-12-16(29)10-15-11-23(36-27(15)19)26-18-13-17(33(4)5)8-9-20(18)32-34(26)6/h10,12,14,17,22-23,35H,2,7-9,11,13H2,1,3-6H3. The van der Waals surface area contributed by atoms with E-state index in [0.717, 1.165) is 63.7 Å². The molecule has 1 aromatic carbocycles. The molecular formula is C28H34ClN5O2S. The molecule has 1 aliphatic heterocycles. The Morgan fingerprint density at radius 3 is 2.81 bits per heavy atom. The average Bonchev–Trinajstić information content (AvgIpc) is 3.57. The van der Waals surface area contributed by atoms with E-state index in [-0.39, 0.29) is 6.10 Å². The summed E-state index contributed by atoms with van der Waals surface area (Å²) < 4.78 is 8.74. The molecule has 0 radical (unpaired) electrons. The molecule has 0 bridgehead atoms. The van der Waals surface area contributed by atoms with Gasteiger partial charge in [0.2, 0.25) is 0 Å². The molecule has 2 aliphatic rings.